The molecule has 2 aromatic carbocycles. The van der Waals surface area contributed by atoms with Crippen molar-refractivity contribution in [2.75, 3.05) is 26.1 Å². The van der Waals surface area contributed by atoms with Crippen LogP contribution in [0, 0.1) is 0 Å². The lowest BCUT2D eigenvalue weighted by Crippen LogP contribution is -2.23. The first kappa shape index (κ1) is 20.2. The summed E-state index contributed by atoms with van der Waals surface area (Å²) in [5.74, 6) is 1.13. The minimum Gasteiger partial charge on any atom is -0.497 e. The van der Waals surface area contributed by atoms with E-state index >= 15 is 0 Å². The smallest absolute Gasteiger partial charge is 0.497 e. The van der Waals surface area contributed by atoms with Crippen LogP contribution in [-0.4, -0.2) is 33.1 Å². The lowest BCUT2D eigenvalue weighted by molar-refractivity contribution is -0.274. The van der Waals surface area contributed by atoms with Crippen LogP contribution in [0.15, 0.2) is 47.5 Å². The van der Waals surface area contributed by atoms with Gasteiger partial charge >= 0.3 is 6.36 Å². The van der Waals surface area contributed by atoms with Gasteiger partial charge in [-0.1, -0.05) is 12.1 Å². The SMILES string of the molecule is COc1ccc(OC)c(NC(N)=NCCc2ccc(OC(F)(F)F)cc2)c1. The molecule has 9 heteroatoms. The van der Waals surface area contributed by atoms with Crippen molar-refractivity contribution in [1.29, 1.82) is 0 Å². The molecule has 0 atom stereocenters. The fourth-order valence-corrected chi connectivity index (χ4v) is 2.25. The number of halogens is 3. The lowest BCUT2D eigenvalue weighted by atomic mass is 10.1. The number of aliphatic imine (C=N–C) groups is 1. The number of nitrogens with two attached hydrogens (primary N) is 1. The molecule has 0 bridgehead atoms. The monoisotopic (exact) mass is 383 g/mol. The molecule has 0 aliphatic carbocycles. The van der Waals surface area contributed by atoms with E-state index in [9.17, 15) is 13.2 Å². The fraction of sp³-hybridized carbons (Fsp3) is 0.278. The van der Waals surface area contributed by atoms with Gasteiger partial charge in [0.15, 0.2) is 5.96 Å². The number of benzene rings is 2. The Hall–Kier alpha value is -3.10. The van der Waals surface area contributed by atoms with Crippen molar-refractivity contribution < 1.29 is 27.4 Å². The van der Waals surface area contributed by atoms with E-state index in [1.165, 1.54) is 19.2 Å². The second kappa shape index (κ2) is 9.02. The molecular weight excluding hydrogens is 363 g/mol. The van der Waals surface area contributed by atoms with Gasteiger partial charge in [-0.25, -0.2) is 0 Å². The van der Waals surface area contributed by atoms with E-state index < -0.39 is 6.36 Å². The van der Waals surface area contributed by atoms with E-state index in [0.717, 1.165) is 5.56 Å². The van der Waals surface area contributed by atoms with Crippen molar-refractivity contribution in [3.8, 4) is 17.2 Å². The van der Waals surface area contributed by atoms with Crippen molar-refractivity contribution in [3.63, 3.8) is 0 Å². The molecule has 0 unspecified atom stereocenters. The van der Waals surface area contributed by atoms with Gasteiger partial charge in [0, 0.05) is 12.6 Å². The van der Waals surface area contributed by atoms with Gasteiger partial charge in [0.05, 0.1) is 19.9 Å². The topological polar surface area (TPSA) is 78.1 Å². The summed E-state index contributed by atoms with van der Waals surface area (Å²) in [6, 6.07) is 10.8. The maximum Gasteiger partial charge on any atom is 0.573 e. The van der Waals surface area contributed by atoms with Gasteiger partial charge in [0.25, 0.3) is 0 Å². The Kier molecular flexibility index (Phi) is 6.75. The molecule has 6 nitrogen and oxygen atoms in total. The van der Waals surface area contributed by atoms with Gasteiger partial charge in [-0.3, -0.25) is 4.99 Å². The van der Waals surface area contributed by atoms with Gasteiger partial charge in [0.2, 0.25) is 0 Å². The third-order valence-electron chi connectivity index (χ3n) is 3.51. The summed E-state index contributed by atoms with van der Waals surface area (Å²) in [6.07, 6.45) is -4.20. The van der Waals surface area contributed by atoms with Crippen LogP contribution in [0.25, 0.3) is 0 Å². The minimum absolute atomic E-state index is 0.179. The largest absolute Gasteiger partial charge is 0.573 e. The second-order valence-corrected chi connectivity index (χ2v) is 5.40. The Morgan fingerprint density at radius 1 is 1.04 bits per heavy atom. The van der Waals surface area contributed by atoms with Gasteiger partial charge in [-0.05, 0) is 36.2 Å². The molecule has 0 aliphatic rings. The van der Waals surface area contributed by atoms with E-state index in [0.29, 0.717) is 30.2 Å². The van der Waals surface area contributed by atoms with Crippen LogP contribution in [0.1, 0.15) is 5.56 Å². The number of nitrogens with one attached hydrogen (secondary N) is 1. The Balaban J connectivity index is 1.92. The van der Waals surface area contributed by atoms with Crippen LogP contribution in [0.2, 0.25) is 0 Å². The number of hydrogen-bond acceptors (Lipinski definition) is 4. The Bertz CT molecular complexity index is 778. The number of ether oxygens (including phenoxy) is 3. The summed E-state index contributed by atoms with van der Waals surface area (Å²) in [6.45, 7) is 0.352. The Morgan fingerprint density at radius 3 is 2.30 bits per heavy atom. The van der Waals surface area contributed by atoms with E-state index in [-0.39, 0.29) is 11.7 Å². The molecule has 0 aliphatic heterocycles. The Labute approximate surface area is 154 Å². The Morgan fingerprint density at radius 2 is 1.70 bits per heavy atom. The molecule has 3 N–H and O–H groups in total. The summed E-state index contributed by atoms with van der Waals surface area (Å²) in [7, 11) is 3.08. The van der Waals surface area contributed by atoms with Gasteiger partial charge < -0.3 is 25.3 Å². The summed E-state index contributed by atoms with van der Waals surface area (Å²) in [5, 5.41) is 2.94. The van der Waals surface area contributed by atoms with Crippen molar-refractivity contribution in [2.45, 2.75) is 12.8 Å². The van der Waals surface area contributed by atoms with E-state index in [4.69, 9.17) is 15.2 Å². The highest BCUT2D eigenvalue weighted by atomic mass is 19.4. The highest BCUT2D eigenvalue weighted by molar-refractivity contribution is 5.94. The molecule has 0 radical (unpaired) electrons. The molecular formula is C18H20F3N3O3. The fourth-order valence-electron chi connectivity index (χ4n) is 2.25. The molecule has 0 aromatic heterocycles. The van der Waals surface area contributed by atoms with E-state index in [2.05, 4.69) is 15.0 Å². The van der Waals surface area contributed by atoms with Crippen molar-refractivity contribution in [3.05, 3.63) is 48.0 Å². The molecule has 27 heavy (non-hydrogen) atoms. The summed E-state index contributed by atoms with van der Waals surface area (Å²) < 4.78 is 50.6. The van der Waals surface area contributed by atoms with Gasteiger partial charge in [-0.2, -0.15) is 0 Å². The molecule has 2 aromatic rings. The predicted molar refractivity (Wildman–Crippen MR) is 96.5 cm³/mol. The molecule has 0 saturated heterocycles. The zero-order valence-electron chi connectivity index (χ0n) is 14.8. The third-order valence-corrected chi connectivity index (χ3v) is 3.51. The zero-order chi connectivity index (χ0) is 19.9. The van der Waals surface area contributed by atoms with Crippen LogP contribution >= 0.6 is 0 Å². The molecule has 0 amide bonds. The number of methoxy groups -OCH3 is 2. The third kappa shape index (κ3) is 6.61. The number of nitrogens with zero attached hydrogens (tertiary/aromatic N) is 1. The summed E-state index contributed by atoms with van der Waals surface area (Å²) >= 11 is 0. The first-order valence-corrected chi connectivity index (χ1v) is 7.94. The number of rotatable bonds is 7. The summed E-state index contributed by atoms with van der Waals surface area (Å²) in [4.78, 5) is 4.20. The van der Waals surface area contributed by atoms with Crippen molar-refractivity contribution in [1.82, 2.24) is 0 Å². The van der Waals surface area contributed by atoms with E-state index in [1.807, 2.05) is 0 Å². The average molecular weight is 383 g/mol. The number of alkyl halides is 3. The molecule has 0 spiro atoms. The summed E-state index contributed by atoms with van der Waals surface area (Å²) in [5.41, 5.74) is 7.29. The number of guanidine groups is 1. The first-order valence-electron chi connectivity index (χ1n) is 7.94. The maximum atomic E-state index is 12.1. The molecule has 146 valence electrons. The van der Waals surface area contributed by atoms with Crippen LogP contribution in [0.3, 0.4) is 0 Å². The normalized spacial score (nSPS) is 11.8. The van der Waals surface area contributed by atoms with Crippen LogP contribution in [0.4, 0.5) is 18.9 Å². The number of anilines is 1. The van der Waals surface area contributed by atoms with Crippen molar-refractivity contribution >= 4 is 11.6 Å². The zero-order valence-corrected chi connectivity index (χ0v) is 14.8. The maximum absolute atomic E-state index is 12.1. The number of hydrogen-bond donors (Lipinski definition) is 2. The van der Waals surface area contributed by atoms with Gasteiger partial charge in [0.1, 0.15) is 17.2 Å². The highest BCUT2D eigenvalue weighted by Gasteiger charge is 2.30. The quantitative estimate of drug-likeness (QED) is 0.565. The molecule has 0 heterocycles. The molecule has 0 saturated carbocycles. The van der Waals surface area contributed by atoms with Crippen molar-refractivity contribution in [2.24, 2.45) is 10.7 Å². The molecule has 2 rings (SSSR count). The minimum atomic E-state index is -4.70. The van der Waals surface area contributed by atoms with E-state index in [1.54, 1.807) is 37.4 Å². The lowest BCUT2D eigenvalue weighted by Gasteiger charge is -2.12. The van der Waals surface area contributed by atoms with Gasteiger partial charge in [-0.15, -0.1) is 13.2 Å². The van der Waals surface area contributed by atoms with Crippen LogP contribution in [0.5, 0.6) is 17.2 Å². The average Bonchev–Trinajstić information content (AvgIpc) is 2.62. The van der Waals surface area contributed by atoms with Crippen LogP contribution < -0.4 is 25.3 Å². The molecule has 0 fully saturated rings. The first-order chi connectivity index (χ1) is 12.8. The highest BCUT2D eigenvalue weighted by Crippen LogP contribution is 2.28. The second-order valence-electron chi connectivity index (χ2n) is 5.40. The predicted octanol–water partition coefficient (Wildman–Crippen LogP) is 3.57. The van der Waals surface area contributed by atoms with Crippen LogP contribution in [-0.2, 0) is 6.42 Å². The standard InChI is InChI=1S/C18H20F3N3O3/c1-25-14-7-8-16(26-2)15(11-14)24-17(22)23-10-9-12-3-5-13(6-4-12)27-18(19,20)21/h3-8,11H,9-10H2,1-2H3,(H3,22,23,24).